The van der Waals surface area contributed by atoms with E-state index in [1.807, 2.05) is 0 Å². The van der Waals surface area contributed by atoms with Gasteiger partial charge in [-0.1, -0.05) is 6.42 Å². The van der Waals surface area contributed by atoms with E-state index in [2.05, 4.69) is 31.2 Å². The van der Waals surface area contributed by atoms with Crippen molar-refractivity contribution in [1.82, 2.24) is 9.97 Å². The van der Waals surface area contributed by atoms with Crippen molar-refractivity contribution in [2.45, 2.75) is 38.2 Å². The first-order chi connectivity index (χ1) is 7.79. The van der Waals surface area contributed by atoms with Crippen molar-refractivity contribution in [1.29, 1.82) is 0 Å². The van der Waals surface area contributed by atoms with Crippen LogP contribution in [0.15, 0.2) is 10.7 Å². The van der Waals surface area contributed by atoms with Gasteiger partial charge in [0, 0.05) is 7.05 Å². The Hall–Kier alpha value is -0.840. The van der Waals surface area contributed by atoms with Crippen LogP contribution in [0.4, 0.5) is 5.95 Å². The van der Waals surface area contributed by atoms with Crippen LogP contribution < -0.4 is 10.1 Å². The Bertz CT molecular complexity index is 353. The van der Waals surface area contributed by atoms with Crippen LogP contribution in [0, 0.1) is 0 Å². The third-order valence-electron chi connectivity index (χ3n) is 2.77. The number of aromatic nitrogens is 2. The Morgan fingerprint density at radius 2 is 2.12 bits per heavy atom. The van der Waals surface area contributed by atoms with Gasteiger partial charge in [0.1, 0.15) is 6.10 Å². The highest BCUT2D eigenvalue weighted by atomic mass is 79.9. The van der Waals surface area contributed by atoms with Crippen LogP contribution in [-0.2, 0) is 0 Å². The van der Waals surface area contributed by atoms with Crippen molar-refractivity contribution in [2.75, 3.05) is 12.4 Å². The van der Waals surface area contributed by atoms with Gasteiger partial charge in [0.05, 0.1) is 10.7 Å². The average molecular weight is 286 g/mol. The maximum absolute atomic E-state index is 5.89. The normalized spacial score (nSPS) is 17.1. The van der Waals surface area contributed by atoms with Gasteiger partial charge in [0.15, 0.2) is 0 Å². The summed E-state index contributed by atoms with van der Waals surface area (Å²) in [4.78, 5) is 8.39. The minimum absolute atomic E-state index is 0.310. The number of nitrogens with one attached hydrogen (secondary N) is 1. The van der Waals surface area contributed by atoms with Crippen molar-refractivity contribution >= 4 is 21.9 Å². The molecule has 1 fully saturated rings. The second kappa shape index (κ2) is 5.48. The number of anilines is 1. The van der Waals surface area contributed by atoms with E-state index in [1.165, 1.54) is 19.3 Å². The summed E-state index contributed by atoms with van der Waals surface area (Å²) in [5.41, 5.74) is 0. The maximum atomic E-state index is 5.89. The Morgan fingerprint density at radius 3 is 2.81 bits per heavy atom. The number of ether oxygens (including phenoxy) is 1. The summed E-state index contributed by atoms with van der Waals surface area (Å²) in [5, 5.41) is 2.91. The van der Waals surface area contributed by atoms with Crippen LogP contribution >= 0.6 is 15.9 Å². The van der Waals surface area contributed by atoms with Gasteiger partial charge in [-0.2, -0.15) is 4.98 Å². The molecule has 0 saturated heterocycles. The first-order valence-corrected chi connectivity index (χ1v) is 6.46. The van der Waals surface area contributed by atoms with Crippen molar-refractivity contribution in [3.8, 4) is 5.88 Å². The molecule has 0 atom stereocenters. The highest BCUT2D eigenvalue weighted by molar-refractivity contribution is 9.10. The van der Waals surface area contributed by atoms with E-state index in [1.54, 1.807) is 13.2 Å². The predicted molar refractivity (Wildman–Crippen MR) is 66.8 cm³/mol. The van der Waals surface area contributed by atoms with Crippen LogP contribution in [0.2, 0.25) is 0 Å². The third-order valence-corrected chi connectivity index (χ3v) is 3.31. The molecule has 1 aromatic rings. The van der Waals surface area contributed by atoms with Crippen molar-refractivity contribution in [3.05, 3.63) is 10.7 Å². The molecule has 2 rings (SSSR count). The van der Waals surface area contributed by atoms with Crippen LogP contribution in [0.5, 0.6) is 5.88 Å². The quantitative estimate of drug-likeness (QED) is 0.928. The largest absolute Gasteiger partial charge is 0.473 e. The van der Waals surface area contributed by atoms with Crippen LogP contribution in [0.1, 0.15) is 32.1 Å². The average Bonchev–Trinajstić information content (AvgIpc) is 2.33. The summed E-state index contributed by atoms with van der Waals surface area (Å²) in [5.74, 6) is 1.24. The molecule has 88 valence electrons. The molecular weight excluding hydrogens is 270 g/mol. The molecule has 5 heteroatoms. The molecule has 1 aliphatic rings. The molecule has 1 N–H and O–H groups in total. The molecule has 0 radical (unpaired) electrons. The number of rotatable bonds is 3. The fourth-order valence-electron chi connectivity index (χ4n) is 1.90. The minimum atomic E-state index is 0.310. The number of nitrogens with zero attached hydrogens (tertiary/aromatic N) is 2. The second-order valence-corrected chi connectivity index (χ2v) is 4.83. The lowest BCUT2D eigenvalue weighted by atomic mass is 9.98. The molecule has 0 unspecified atom stereocenters. The summed E-state index contributed by atoms with van der Waals surface area (Å²) >= 11 is 3.41. The molecule has 16 heavy (non-hydrogen) atoms. The van der Waals surface area contributed by atoms with Gasteiger partial charge in [-0.25, -0.2) is 4.98 Å². The van der Waals surface area contributed by atoms with E-state index in [0.717, 1.165) is 17.3 Å². The van der Waals surface area contributed by atoms with Gasteiger partial charge in [-0.15, -0.1) is 0 Å². The summed E-state index contributed by atoms with van der Waals surface area (Å²) in [7, 11) is 1.80. The van der Waals surface area contributed by atoms with Gasteiger partial charge in [0.25, 0.3) is 0 Å². The zero-order chi connectivity index (χ0) is 11.4. The van der Waals surface area contributed by atoms with E-state index < -0.39 is 0 Å². The van der Waals surface area contributed by atoms with E-state index in [4.69, 9.17) is 4.74 Å². The lowest BCUT2D eigenvalue weighted by Crippen LogP contribution is -2.20. The molecule has 0 amide bonds. The Morgan fingerprint density at radius 1 is 1.38 bits per heavy atom. The monoisotopic (exact) mass is 285 g/mol. The van der Waals surface area contributed by atoms with E-state index >= 15 is 0 Å². The van der Waals surface area contributed by atoms with Crippen molar-refractivity contribution < 1.29 is 4.74 Å². The fraction of sp³-hybridized carbons (Fsp3) is 0.636. The third kappa shape index (κ3) is 2.84. The number of hydrogen-bond donors (Lipinski definition) is 1. The Balaban J connectivity index is 2.06. The SMILES string of the molecule is CNc1ncc(Br)c(OC2CCCCC2)n1. The van der Waals surface area contributed by atoms with Gasteiger partial charge < -0.3 is 10.1 Å². The van der Waals surface area contributed by atoms with E-state index in [0.29, 0.717) is 17.9 Å². The van der Waals surface area contributed by atoms with Crippen LogP contribution in [0.3, 0.4) is 0 Å². The second-order valence-electron chi connectivity index (χ2n) is 3.97. The fourth-order valence-corrected chi connectivity index (χ4v) is 2.18. The standard InChI is InChI=1S/C11H16BrN3O/c1-13-11-14-7-9(12)10(15-11)16-8-5-3-2-4-6-8/h7-8H,2-6H2,1H3,(H,13,14,15). The molecular formula is C11H16BrN3O. The first kappa shape index (κ1) is 11.6. The number of hydrogen-bond acceptors (Lipinski definition) is 4. The van der Waals surface area contributed by atoms with Gasteiger partial charge >= 0.3 is 0 Å². The maximum Gasteiger partial charge on any atom is 0.233 e. The molecule has 1 aliphatic carbocycles. The Labute approximate surface area is 104 Å². The highest BCUT2D eigenvalue weighted by Crippen LogP contribution is 2.27. The molecule has 4 nitrogen and oxygen atoms in total. The van der Waals surface area contributed by atoms with Crippen LogP contribution in [-0.4, -0.2) is 23.1 Å². The molecule has 0 bridgehead atoms. The Kier molecular flexibility index (Phi) is 3.98. The van der Waals surface area contributed by atoms with Crippen LogP contribution in [0.25, 0.3) is 0 Å². The zero-order valence-corrected chi connectivity index (χ0v) is 11.0. The molecule has 0 aromatic carbocycles. The zero-order valence-electron chi connectivity index (χ0n) is 9.37. The van der Waals surface area contributed by atoms with Crippen molar-refractivity contribution in [3.63, 3.8) is 0 Å². The number of halogens is 1. The summed E-state index contributed by atoms with van der Waals surface area (Å²) in [6.07, 6.45) is 8.13. The molecule has 1 saturated carbocycles. The minimum Gasteiger partial charge on any atom is -0.473 e. The topological polar surface area (TPSA) is 47.0 Å². The molecule has 0 aliphatic heterocycles. The van der Waals surface area contributed by atoms with Gasteiger partial charge in [-0.05, 0) is 41.6 Å². The lowest BCUT2D eigenvalue weighted by molar-refractivity contribution is 0.147. The van der Waals surface area contributed by atoms with Gasteiger partial charge in [-0.3, -0.25) is 0 Å². The predicted octanol–water partition coefficient (Wildman–Crippen LogP) is 2.99. The highest BCUT2D eigenvalue weighted by Gasteiger charge is 2.17. The lowest BCUT2D eigenvalue weighted by Gasteiger charge is -2.22. The molecule has 1 heterocycles. The summed E-state index contributed by atoms with van der Waals surface area (Å²) in [6, 6.07) is 0. The van der Waals surface area contributed by atoms with Gasteiger partial charge in [0.2, 0.25) is 11.8 Å². The van der Waals surface area contributed by atoms with E-state index in [-0.39, 0.29) is 0 Å². The van der Waals surface area contributed by atoms with Crippen molar-refractivity contribution in [2.24, 2.45) is 0 Å². The summed E-state index contributed by atoms with van der Waals surface area (Å²) in [6.45, 7) is 0. The first-order valence-electron chi connectivity index (χ1n) is 5.66. The molecule has 0 spiro atoms. The smallest absolute Gasteiger partial charge is 0.233 e. The summed E-state index contributed by atoms with van der Waals surface area (Å²) < 4.78 is 6.71. The van der Waals surface area contributed by atoms with E-state index in [9.17, 15) is 0 Å². The molecule has 1 aromatic heterocycles.